The summed E-state index contributed by atoms with van der Waals surface area (Å²) in [6.45, 7) is 3.94. The third-order valence-electron chi connectivity index (χ3n) is 2.53. The number of anilines is 1. The second kappa shape index (κ2) is 6.41. The van der Waals surface area contributed by atoms with Gasteiger partial charge in [-0.3, -0.25) is 4.79 Å². The first-order valence-electron chi connectivity index (χ1n) is 5.59. The highest BCUT2D eigenvalue weighted by Gasteiger charge is 2.13. The van der Waals surface area contributed by atoms with Gasteiger partial charge in [0.1, 0.15) is 6.07 Å². The number of nitrogens with zero attached hydrogens (tertiary/aromatic N) is 1. The third-order valence-corrected chi connectivity index (χ3v) is 3.02. The Morgan fingerprint density at radius 1 is 1.59 bits per heavy atom. The molecule has 0 aromatic heterocycles. The first-order valence-corrected chi connectivity index (χ1v) is 6.38. The average Bonchev–Trinajstić information content (AvgIpc) is 2.29. The van der Waals surface area contributed by atoms with Crippen molar-refractivity contribution in [3.63, 3.8) is 0 Å². The van der Waals surface area contributed by atoms with Gasteiger partial charge in [-0.15, -0.1) is 0 Å². The molecule has 0 spiro atoms. The van der Waals surface area contributed by atoms with Gasteiger partial charge in [-0.05, 0) is 24.6 Å². The van der Waals surface area contributed by atoms with Crippen molar-refractivity contribution >= 4 is 27.5 Å². The minimum absolute atomic E-state index is 0.0366. The molecule has 0 bridgehead atoms. The Balaban J connectivity index is 2.84. The van der Waals surface area contributed by atoms with E-state index in [9.17, 15) is 4.79 Å². The van der Waals surface area contributed by atoms with E-state index >= 15 is 0 Å². The second-order valence-corrected chi connectivity index (χ2v) is 4.90. The molecule has 0 saturated heterocycles. The van der Waals surface area contributed by atoms with Crippen molar-refractivity contribution in [2.45, 2.75) is 26.7 Å². The van der Waals surface area contributed by atoms with Gasteiger partial charge < -0.3 is 5.32 Å². The molecule has 0 aliphatic rings. The molecule has 1 aromatic rings. The predicted octanol–water partition coefficient (Wildman–Crippen LogP) is 3.70. The van der Waals surface area contributed by atoms with Crippen LogP contribution in [0.4, 0.5) is 5.69 Å². The van der Waals surface area contributed by atoms with E-state index in [0.717, 1.165) is 17.3 Å². The molecular formula is C13H15BrN2O. The van der Waals surface area contributed by atoms with Crippen molar-refractivity contribution in [1.82, 2.24) is 0 Å². The lowest BCUT2D eigenvalue weighted by Crippen LogP contribution is -2.20. The minimum atomic E-state index is -0.0403. The lowest BCUT2D eigenvalue weighted by Gasteiger charge is -2.12. The molecule has 1 atom stereocenters. The number of benzene rings is 1. The van der Waals surface area contributed by atoms with E-state index in [2.05, 4.69) is 27.3 Å². The van der Waals surface area contributed by atoms with E-state index in [0.29, 0.717) is 11.3 Å². The summed E-state index contributed by atoms with van der Waals surface area (Å²) < 4.78 is 0.843. The van der Waals surface area contributed by atoms with E-state index < -0.39 is 0 Å². The Morgan fingerprint density at radius 2 is 2.29 bits per heavy atom. The zero-order valence-corrected chi connectivity index (χ0v) is 11.5. The molecule has 1 amide bonds. The van der Waals surface area contributed by atoms with Crippen LogP contribution < -0.4 is 5.32 Å². The van der Waals surface area contributed by atoms with Gasteiger partial charge in [0.2, 0.25) is 5.91 Å². The lowest BCUT2D eigenvalue weighted by molar-refractivity contribution is -0.119. The maximum atomic E-state index is 11.8. The fraction of sp³-hybridized carbons (Fsp3) is 0.385. The molecule has 0 aliphatic heterocycles. The zero-order chi connectivity index (χ0) is 12.8. The molecule has 1 N–H and O–H groups in total. The topological polar surface area (TPSA) is 52.9 Å². The fourth-order valence-electron chi connectivity index (χ4n) is 1.54. The van der Waals surface area contributed by atoms with E-state index in [1.54, 1.807) is 18.2 Å². The number of hydrogen-bond acceptors (Lipinski definition) is 2. The predicted molar refractivity (Wildman–Crippen MR) is 71.6 cm³/mol. The molecule has 0 aliphatic carbocycles. The van der Waals surface area contributed by atoms with Crippen molar-refractivity contribution < 1.29 is 4.79 Å². The van der Waals surface area contributed by atoms with Crippen LogP contribution in [0.25, 0.3) is 0 Å². The van der Waals surface area contributed by atoms with Crippen LogP contribution in [-0.4, -0.2) is 5.91 Å². The number of rotatable bonds is 4. The summed E-state index contributed by atoms with van der Waals surface area (Å²) in [6.07, 6.45) is 1.82. The Morgan fingerprint density at radius 3 is 2.88 bits per heavy atom. The van der Waals surface area contributed by atoms with Crippen molar-refractivity contribution in [1.29, 1.82) is 5.26 Å². The summed E-state index contributed by atoms with van der Waals surface area (Å²) in [6, 6.07) is 7.27. The van der Waals surface area contributed by atoms with Crippen LogP contribution in [0.1, 0.15) is 32.3 Å². The number of halogens is 1. The molecule has 0 saturated carbocycles. The van der Waals surface area contributed by atoms with Crippen LogP contribution in [0, 0.1) is 17.2 Å². The highest BCUT2D eigenvalue weighted by molar-refractivity contribution is 9.10. The van der Waals surface area contributed by atoms with Gasteiger partial charge in [-0.25, -0.2) is 0 Å². The van der Waals surface area contributed by atoms with Crippen molar-refractivity contribution in [2.75, 3.05) is 5.32 Å². The summed E-state index contributed by atoms with van der Waals surface area (Å²) in [7, 11) is 0. The number of amides is 1. The molecule has 0 heterocycles. The van der Waals surface area contributed by atoms with Gasteiger partial charge in [-0.1, -0.05) is 36.2 Å². The number of nitriles is 1. The van der Waals surface area contributed by atoms with Gasteiger partial charge in [0.05, 0.1) is 11.3 Å². The average molecular weight is 295 g/mol. The molecule has 0 radical (unpaired) electrons. The van der Waals surface area contributed by atoms with Gasteiger partial charge >= 0.3 is 0 Å². The number of nitrogens with one attached hydrogen (secondary N) is 1. The molecule has 90 valence electrons. The molecule has 1 rings (SSSR count). The summed E-state index contributed by atoms with van der Waals surface area (Å²) in [5, 5.41) is 11.7. The maximum Gasteiger partial charge on any atom is 0.227 e. The van der Waals surface area contributed by atoms with Crippen molar-refractivity contribution in [2.24, 2.45) is 5.92 Å². The molecule has 1 unspecified atom stereocenters. The van der Waals surface area contributed by atoms with Crippen LogP contribution in [0.5, 0.6) is 0 Å². The van der Waals surface area contributed by atoms with E-state index in [1.807, 2.05) is 13.8 Å². The summed E-state index contributed by atoms with van der Waals surface area (Å²) in [5.74, 6) is -0.0769. The Labute approximate surface area is 110 Å². The van der Waals surface area contributed by atoms with Crippen molar-refractivity contribution in [3.05, 3.63) is 28.2 Å². The van der Waals surface area contributed by atoms with E-state index in [-0.39, 0.29) is 11.8 Å². The van der Waals surface area contributed by atoms with Crippen LogP contribution in [-0.2, 0) is 4.79 Å². The molecule has 4 heteroatoms. The van der Waals surface area contributed by atoms with E-state index in [1.165, 1.54) is 0 Å². The number of hydrogen-bond donors (Lipinski definition) is 1. The zero-order valence-electron chi connectivity index (χ0n) is 9.96. The Bertz CT molecular complexity index is 451. The van der Waals surface area contributed by atoms with Gasteiger partial charge in [0.25, 0.3) is 0 Å². The fourth-order valence-corrected chi connectivity index (χ4v) is 1.90. The highest BCUT2D eigenvalue weighted by atomic mass is 79.9. The highest BCUT2D eigenvalue weighted by Crippen LogP contribution is 2.21. The van der Waals surface area contributed by atoms with Gasteiger partial charge in [0.15, 0.2) is 0 Å². The Kier molecular flexibility index (Phi) is 5.17. The standard InChI is InChI=1S/C13H15BrN2O/c1-3-4-9(2)13(17)16-12-7-11(14)6-5-10(12)8-15/h5-7,9H,3-4H2,1-2H3,(H,16,17). The van der Waals surface area contributed by atoms with Crippen LogP contribution in [0.3, 0.4) is 0 Å². The summed E-state index contributed by atoms with van der Waals surface area (Å²) >= 11 is 3.32. The second-order valence-electron chi connectivity index (χ2n) is 3.98. The molecular weight excluding hydrogens is 280 g/mol. The van der Waals surface area contributed by atoms with Crippen LogP contribution in [0.2, 0.25) is 0 Å². The quantitative estimate of drug-likeness (QED) is 0.921. The number of carbonyl (C=O) groups is 1. The smallest absolute Gasteiger partial charge is 0.227 e. The maximum absolute atomic E-state index is 11.8. The first-order chi connectivity index (χ1) is 8.08. The molecule has 3 nitrogen and oxygen atoms in total. The van der Waals surface area contributed by atoms with Crippen LogP contribution in [0.15, 0.2) is 22.7 Å². The Hall–Kier alpha value is -1.34. The number of carbonyl (C=O) groups excluding carboxylic acids is 1. The lowest BCUT2D eigenvalue weighted by atomic mass is 10.1. The normalized spacial score (nSPS) is 11.6. The summed E-state index contributed by atoms with van der Waals surface area (Å²) in [5.41, 5.74) is 1.04. The summed E-state index contributed by atoms with van der Waals surface area (Å²) in [4.78, 5) is 11.8. The monoisotopic (exact) mass is 294 g/mol. The van der Waals surface area contributed by atoms with Gasteiger partial charge in [-0.2, -0.15) is 5.26 Å². The van der Waals surface area contributed by atoms with Crippen LogP contribution >= 0.6 is 15.9 Å². The molecule has 1 aromatic carbocycles. The third kappa shape index (κ3) is 3.86. The van der Waals surface area contributed by atoms with E-state index in [4.69, 9.17) is 5.26 Å². The SMILES string of the molecule is CCCC(C)C(=O)Nc1cc(Br)ccc1C#N. The minimum Gasteiger partial charge on any atom is -0.325 e. The van der Waals surface area contributed by atoms with Crippen molar-refractivity contribution in [3.8, 4) is 6.07 Å². The first kappa shape index (κ1) is 13.7. The largest absolute Gasteiger partial charge is 0.325 e. The molecule has 0 fully saturated rings. The molecule has 17 heavy (non-hydrogen) atoms. The van der Waals surface area contributed by atoms with Gasteiger partial charge in [0, 0.05) is 10.4 Å².